The molecule has 1 fully saturated rings. The van der Waals surface area contributed by atoms with Gasteiger partial charge in [0, 0.05) is 25.7 Å². The van der Waals surface area contributed by atoms with E-state index < -0.39 is 30.3 Å². The van der Waals surface area contributed by atoms with E-state index >= 15 is 0 Å². The van der Waals surface area contributed by atoms with Gasteiger partial charge in [-0.1, -0.05) is 0 Å². The Bertz CT molecular complexity index is 227. The zero-order valence-electron chi connectivity index (χ0n) is 7.13. The van der Waals surface area contributed by atoms with Crippen LogP contribution in [0.15, 0.2) is 0 Å². The van der Waals surface area contributed by atoms with Crippen LogP contribution in [0.5, 0.6) is 0 Å². The van der Waals surface area contributed by atoms with Crippen LogP contribution in [0, 0.1) is 5.92 Å². The molecule has 0 saturated heterocycles. The summed E-state index contributed by atoms with van der Waals surface area (Å²) in [7, 11) is 0. The Morgan fingerprint density at radius 2 is 2.23 bits per heavy atom. The third kappa shape index (κ3) is 2.23. The standard InChI is InChI=1S/C8H10F2O3/c1-5(12)13-7-2-6(4-11)3-8(7,9)10/h4,6-7H,2-3H2,1H3. The second kappa shape index (κ2) is 3.40. The zero-order chi connectivity index (χ0) is 10.1. The highest BCUT2D eigenvalue weighted by molar-refractivity contribution is 5.66. The van der Waals surface area contributed by atoms with Crippen molar-refractivity contribution in [2.24, 2.45) is 5.92 Å². The summed E-state index contributed by atoms with van der Waals surface area (Å²) in [6.45, 7) is 1.07. The summed E-state index contributed by atoms with van der Waals surface area (Å²) in [5.74, 6) is -4.49. The summed E-state index contributed by atoms with van der Waals surface area (Å²) in [5.41, 5.74) is 0. The van der Waals surface area contributed by atoms with Crippen LogP contribution >= 0.6 is 0 Å². The van der Waals surface area contributed by atoms with Crippen LogP contribution in [-0.2, 0) is 14.3 Å². The second-order valence-electron chi connectivity index (χ2n) is 3.20. The molecule has 0 spiro atoms. The number of carbonyl (C=O) groups excluding carboxylic acids is 2. The lowest BCUT2D eigenvalue weighted by molar-refractivity contribution is -0.164. The molecule has 2 atom stereocenters. The molecular formula is C8H10F2O3. The van der Waals surface area contributed by atoms with Crippen molar-refractivity contribution in [3.63, 3.8) is 0 Å². The van der Waals surface area contributed by atoms with E-state index in [1.165, 1.54) is 0 Å². The SMILES string of the molecule is CC(=O)OC1CC(C=O)CC1(F)F. The molecule has 3 nitrogen and oxygen atoms in total. The molecule has 1 rings (SSSR count). The summed E-state index contributed by atoms with van der Waals surface area (Å²) in [6, 6.07) is 0. The van der Waals surface area contributed by atoms with Crippen molar-refractivity contribution >= 4 is 12.3 Å². The van der Waals surface area contributed by atoms with E-state index in [0.29, 0.717) is 6.29 Å². The smallest absolute Gasteiger partial charge is 0.303 e. The van der Waals surface area contributed by atoms with Crippen molar-refractivity contribution in [3.8, 4) is 0 Å². The monoisotopic (exact) mass is 192 g/mol. The molecule has 0 amide bonds. The fourth-order valence-electron chi connectivity index (χ4n) is 1.45. The first-order valence-electron chi connectivity index (χ1n) is 3.96. The van der Waals surface area contributed by atoms with Crippen LogP contribution in [0.4, 0.5) is 8.78 Å². The maximum absolute atomic E-state index is 13.0. The predicted octanol–water partition coefficient (Wildman–Crippen LogP) is 1.16. The highest BCUT2D eigenvalue weighted by Gasteiger charge is 2.50. The fraction of sp³-hybridized carbons (Fsp3) is 0.750. The summed E-state index contributed by atoms with van der Waals surface area (Å²) in [6.07, 6.45) is -1.54. The summed E-state index contributed by atoms with van der Waals surface area (Å²) in [4.78, 5) is 20.7. The van der Waals surface area contributed by atoms with Crippen molar-refractivity contribution in [2.75, 3.05) is 0 Å². The number of rotatable bonds is 2. The topological polar surface area (TPSA) is 43.4 Å². The lowest BCUT2D eigenvalue weighted by Crippen LogP contribution is -2.31. The number of aldehydes is 1. The van der Waals surface area contributed by atoms with Crippen molar-refractivity contribution in [1.82, 2.24) is 0 Å². The lowest BCUT2D eigenvalue weighted by atomic mass is 10.1. The molecular weight excluding hydrogens is 182 g/mol. The number of ether oxygens (including phenoxy) is 1. The van der Waals surface area contributed by atoms with Gasteiger partial charge in [-0.25, -0.2) is 8.78 Å². The fourth-order valence-corrected chi connectivity index (χ4v) is 1.45. The summed E-state index contributed by atoms with van der Waals surface area (Å²) >= 11 is 0. The van der Waals surface area contributed by atoms with E-state index in [2.05, 4.69) is 4.74 Å². The van der Waals surface area contributed by atoms with Gasteiger partial charge in [-0.3, -0.25) is 4.79 Å². The molecule has 0 bridgehead atoms. The highest BCUT2D eigenvalue weighted by atomic mass is 19.3. The Hall–Kier alpha value is -1.00. The molecule has 0 radical (unpaired) electrons. The number of carbonyl (C=O) groups is 2. The van der Waals surface area contributed by atoms with Gasteiger partial charge in [0.15, 0.2) is 6.10 Å². The third-order valence-electron chi connectivity index (χ3n) is 2.02. The molecule has 1 aliphatic carbocycles. The maximum Gasteiger partial charge on any atom is 0.303 e. The Labute approximate surface area is 74.1 Å². The average molecular weight is 192 g/mol. The normalized spacial score (nSPS) is 31.3. The van der Waals surface area contributed by atoms with Gasteiger partial charge in [-0.2, -0.15) is 0 Å². The van der Waals surface area contributed by atoms with E-state index in [-0.39, 0.29) is 6.42 Å². The third-order valence-corrected chi connectivity index (χ3v) is 2.02. The minimum atomic E-state index is -3.06. The van der Waals surface area contributed by atoms with E-state index in [9.17, 15) is 18.4 Å². The quantitative estimate of drug-likeness (QED) is 0.487. The zero-order valence-corrected chi connectivity index (χ0v) is 7.13. The maximum atomic E-state index is 13.0. The molecule has 13 heavy (non-hydrogen) atoms. The minimum Gasteiger partial charge on any atom is -0.456 e. The molecule has 0 aromatic carbocycles. The van der Waals surface area contributed by atoms with Crippen molar-refractivity contribution in [2.45, 2.75) is 31.8 Å². The molecule has 74 valence electrons. The Morgan fingerprint density at radius 3 is 2.62 bits per heavy atom. The molecule has 0 aromatic rings. The molecule has 1 aliphatic rings. The Morgan fingerprint density at radius 1 is 1.62 bits per heavy atom. The first-order valence-corrected chi connectivity index (χ1v) is 3.96. The van der Waals surface area contributed by atoms with Crippen molar-refractivity contribution < 1.29 is 23.1 Å². The molecule has 0 aromatic heterocycles. The van der Waals surface area contributed by atoms with Crippen molar-refractivity contribution in [3.05, 3.63) is 0 Å². The van der Waals surface area contributed by atoms with Crippen LogP contribution in [-0.4, -0.2) is 24.3 Å². The van der Waals surface area contributed by atoms with E-state index in [1.807, 2.05) is 0 Å². The van der Waals surface area contributed by atoms with Gasteiger partial charge in [0.2, 0.25) is 0 Å². The van der Waals surface area contributed by atoms with E-state index in [1.54, 1.807) is 0 Å². The second-order valence-corrected chi connectivity index (χ2v) is 3.20. The van der Waals surface area contributed by atoms with Crippen LogP contribution < -0.4 is 0 Å². The number of esters is 1. The summed E-state index contributed by atoms with van der Waals surface area (Å²) in [5, 5.41) is 0. The minimum absolute atomic E-state index is 0.0733. The van der Waals surface area contributed by atoms with Gasteiger partial charge in [-0.15, -0.1) is 0 Å². The van der Waals surface area contributed by atoms with E-state index in [0.717, 1.165) is 6.92 Å². The largest absolute Gasteiger partial charge is 0.456 e. The first kappa shape index (κ1) is 10.1. The molecule has 0 aliphatic heterocycles. The number of alkyl halides is 2. The Balaban J connectivity index is 2.64. The van der Waals surface area contributed by atoms with Gasteiger partial charge >= 0.3 is 5.97 Å². The van der Waals surface area contributed by atoms with Gasteiger partial charge < -0.3 is 9.53 Å². The van der Waals surface area contributed by atoms with Gasteiger partial charge in [0.05, 0.1) is 0 Å². The molecule has 0 heterocycles. The number of hydrogen-bond acceptors (Lipinski definition) is 3. The van der Waals surface area contributed by atoms with Crippen LogP contribution in [0.25, 0.3) is 0 Å². The molecule has 1 saturated carbocycles. The highest BCUT2D eigenvalue weighted by Crippen LogP contribution is 2.40. The molecule has 5 heteroatoms. The molecule has 2 unspecified atom stereocenters. The van der Waals surface area contributed by atoms with Crippen LogP contribution in [0.1, 0.15) is 19.8 Å². The molecule has 0 N–H and O–H groups in total. The van der Waals surface area contributed by atoms with Gasteiger partial charge in [0.1, 0.15) is 6.29 Å². The average Bonchev–Trinajstić information content (AvgIpc) is 2.26. The van der Waals surface area contributed by atoms with E-state index in [4.69, 9.17) is 0 Å². The van der Waals surface area contributed by atoms with Gasteiger partial charge in [0.25, 0.3) is 5.92 Å². The predicted molar refractivity (Wildman–Crippen MR) is 39.3 cm³/mol. The number of hydrogen-bond donors (Lipinski definition) is 0. The van der Waals surface area contributed by atoms with Crippen LogP contribution in [0.3, 0.4) is 0 Å². The van der Waals surface area contributed by atoms with Gasteiger partial charge in [-0.05, 0) is 0 Å². The first-order chi connectivity index (χ1) is 5.95. The summed E-state index contributed by atoms with van der Waals surface area (Å²) < 4.78 is 30.4. The van der Waals surface area contributed by atoms with Crippen molar-refractivity contribution in [1.29, 1.82) is 0 Å². The number of halogens is 2. The lowest BCUT2D eigenvalue weighted by Gasteiger charge is -2.17. The van der Waals surface area contributed by atoms with Crippen LogP contribution in [0.2, 0.25) is 0 Å². The Kier molecular flexibility index (Phi) is 2.63.